The predicted molar refractivity (Wildman–Crippen MR) is 80.4 cm³/mol. The molecule has 2 nitrogen and oxygen atoms in total. The van der Waals surface area contributed by atoms with E-state index in [0.717, 1.165) is 30.6 Å². The number of halogens is 1. The summed E-state index contributed by atoms with van der Waals surface area (Å²) in [6.07, 6.45) is 7.68. The molecule has 1 aromatic carbocycles. The molecule has 0 radical (unpaired) electrons. The summed E-state index contributed by atoms with van der Waals surface area (Å²) < 4.78 is 19.5. The van der Waals surface area contributed by atoms with Gasteiger partial charge in [-0.1, -0.05) is 6.08 Å². The van der Waals surface area contributed by atoms with Crippen molar-refractivity contribution in [2.75, 3.05) is 0 Å². The first kappa shape index (κ1) is 15.0. The van der Waals surface area contributed by atoms with Gasteiger partial charge in [0.05, 0.1) is 0 Å². The van der Waals surface area contributed by atoms with E-state index < -0.39 is 0 Å². The van der Waals surface area contributed by atoms with Crippen LogP contribution in [0.25, 0.3) is 0 Å². The van der Waals surface area contributed by atoms with Gasteiger partial charge in [0, 0.05) is 17.6 Å². The zero-order chi connectivity index (χ0) is 14.6. The molecule has 1 N–H and O–H groups in total. The molecule has 0 saturated carbocycles. The van der Waals surface area contributed by atoms with Gasteiger partial charge >= 0.3 is 0 Å². The SMILES string of the molecule is CC(C)(C)NCc1cc(F)ccc1OC1C=CCCC1. The molecule has 20 heavy (non-hydrogen) atoms. The van der Waals surface area contributed by atoms with Crippen LogP contribution in [-0.4, -0.2) is 11.6 Å². The second kappa shape index (κ2) is 6.40. The summed E-state index contributed by atoms with van der Waals surface area (Å²) in [4.78, 5) is 0. The summed E-state index contributed by atoms with van der Waals surface area (Å²) in [5.41, 5.74) is 0.868. The molecular weight excluding hydrogens is 253 g/mol. The third-order valence-corrected chi connectivity index (χ3v) is 3.32. The lowest BCUT2D eigenvalue weighted by Gasteiger charge is -2.24. The fraction of sp³-hybridized carbons (Fsp3) is 0.529. The number of ether oxygens (including phenoxy) is 1. The molecule has 0 aromatic heterocycles. The summed E-state index contributed by atoms with van der Waals surface area (Å²) in [7, 11) is 0. The number of nitrogens with one attached hydrogen (secondary N) is 1. The van der Waals surface area contributed by atoms with Crippen LogP contribution in [0.3, 0.4) is 0 Å². The second-order valence-electron chi connectivity index (χ2n) is 6.37. The molecule has 0 bridgehead atoms. The van der Waals surface area contributed by atoms with Gasteiger partial charge in [-0.05, 0) is 64.3 Å². The highest BCUT2D eigenvalue weighted by Gasteiger charge is 2.15. The monoisotopic (exact) mass is 277 g/mol. The lowest BCUT2D eigenvalue weighted by molar-refractivity contribution is 0.226. The van der Waals surface area contributed by atoms with Crippen LogP contribution in [0.2, 0.25) is 0 Å². The molecule has 0 heterocycles. The van der Waals surface area contributed by atoms with Gasteiger partial charge in [0.15, 0.2) is 0 Å². The Morgan fingerprint density at radius 2 is 2.15 bits per heavy atom. The summed E-state index contributed by atoms with van der Waals surface area (Å²) in [6, 6.07) is 4.75. The molecule has 0 fully saturated rings. The fourth-order valence-corrected chi connectivity index (χ4v) is 2.20. The minimum atomic E-state index is -0.220. The van der Waals surface area contributed by atoms with Gasteiger partial charge in [-0.3, -0.25) is 0 Å². The van der Waals surface area contributed by atoms with Crippen molar-refractivity contribution in [3.63, 3.8) is 0 Å². The van der Waals surface area contributed by atoms with Crippen LogP contribution in [0.4, 0.5) is 4.39 Å². The molecule has 1 atom stereocenters. The van der Waals surface area contributed by atoms with Gasteiger partial charge in [0.25, 0.3) is 0 Å². The molecule has 3 heteroatoms. The molecule has 0 saturated heterocycles. The fourth-order valence-electron chi connectivity index (χ4n) is 2.20. The van der Waals surface area contributed by atoms with Gasteiger partial charge in [-0.2, -0.15) is 0 Å². The first-order valence-corrected chi connectivity index (χ1v) is 7.31. The summed E-state index contributed by atoms with van der Waals surface area (Å²) >= 11 is 0. The van der Waals surface area contributed by atoms with Crippen LogP contribution < -0.4 is 10.1 Å². The van der Waals surface area contributed by atoms with Gasteiger partial charge in [-0.25, -0.2) is 4.39 Å². The Bertz CT molecular complexity index is 476. The number of hydrogen-bond acceptors (Lipinski definition) is 2. The van der Waals surface area contributed by atoms with Crippen LogP contribution >= 0.6 is 0 Å². The van der Waals surface area contributed by atoms with Crippen molar-refractivity contribution in [1.82, 2.24) is 5.32 Å². The minimum Gasteiger partial charge on any atom is -0.486 e. The van der Waals surface area contributed by atoms with Crippen LogP contribution in [0.15, 0.2) is 30.4 Å². The molecule has 110 valence electrons. The quantitative estimate of drug-likeness (QED) is 0.833. The van der Waals surface area contributed by atoms with Crippen molar-refractivity contribution in [2.24, 2.45) is 0 Å². The lowest BCUT2D eigenvalue weighted by Crippen LogP contribution is -2.35. The lowest BCUT2D eigenvalue weighted by atomic mass is 10.0. The Balaban J connectivity index is 2.10. The van der Waals surface area contributed by atoms with Gasteiger partial charge in [-0.15, -0.1) is 0 Å². The van der Waals surface area contributed by atoms with E-state index >= 15 is 0 Å². The summed E-state index contributed by atoms with van der Waals surface area (Å²) in [6.45, 7) is 6.89. The van der Waals surface area contributed by atoms with Crippen LogP contribution in [0.1, 0.15) is 45.6 Å². The average Bonchev–Trinajstić information content (AvgIpc) is 2.39. The van der Waals surface area contributed by atoms with E-state index in [9.17, 15) is 4.39 Å². The molecule has 1 aliphatic rings. The van der Waals surface area contributed by atoms with Gasteiger partial charge in [0.1, 0.15) is 17.7 Å². The van der Waals surface area contributed by atoms with Gasteiger partial charge in [0.2, 0.25) is 0 Å². The van der Waals surface area contributed by atoms with Crippen molar-refractivity contribution in [2.45, 2.75) is 58.2 Å². The van der Waals surface area contributed by atoms with E-state index in [1.54, 1.807) is 12.1 Å². The highest BCUT2D eigenvalue weighted by atomic mass is 19.1. The third kappa shape index (κ3) is 4.64. The second-order valence-corrected chi connectivity index (χ2v) is 6.37. The maximum Gasteiger partial charge on any atom is 0.124 e. The molecule has 1 aliphatic carbocycles. The Labute approximate surface area is 121 Å². The molecule has 1 unspecified atom stereocenters. The predicted octanol–water partition coefficient (Wildman–Crippen LogP) is 4.20. The maximum absolute atomic E-state index is 13.4. The highest BCUT2D eigenvalue weighted by Crippen LogP contribution is 2.24. The summed E-state index contributed by atoms with van der Waals surface area (Å²) in [5.74, 6) is 0.557. The van der Waals surface area contributed by atoms with E-state index in [-0.39, 0.29) is 17.5 Å². The van der Waals surface area contributed by atoms with E-state index in [0.29, 0.717) is 6.54 Å². The van der Waals surface area contributed by atoms with Crippen LogP contribution in [0.5, 0.6) is 5.75 Å². The van der Waals surface area contributed by atoms with E-state index in [4.69, 9.17) is 4.74 Å². The zero-order valence-corrected chi connectivity index (χ0v) is 12.6. The first-order valence-electron chi connectivity index (χ1n) is 7.31. The van der Waals surface area contributed by atoms with Crippen molar-refractivity contribution in [3.05, 3.63) is 41.7 Å². The van der Waals surface area contributed by atoms with E-state index in [2.05, 4.69) is 38.2 Å². The first-order chi connectivity index (χ1) is 9.44. The highest BCUT2D eigenvalue weighted by molar-refractivity contribution is 5.34. The Morgan fingerprint density at radius 1 is 1.35 bits per heavy atom. The Hall–Kier alpha value is -1.35. The standard InChI is InChI=1S/C17H24FNO/c1-17(2,3)19-12-13-11-14(18)9-10-16(13)20-15-7-5-4-6-8-15/h5,7,9-11,15,19H,4,6,8,12H2,1-3H3. The van der Waals surface area contributed by atoms with E-state index in [1.807, 2.05) is 0 Å². The number of benzene rings is 1. The number of allylic oxidation sites excluding steroid dienone is 1. The van der Waals surface area contributed by atoms with Crippen molar-refractivity contribution >= 4 is 0 Å². The maximum atomic E-state index is 13.4. The van der Waals surface area contributed by atoms with Crippen LogP contribution in [0, 0.1) is 5.82 Å². The number of hydrogen-bond donors (Lipinski definition) is 1. The molecular formula is C17H24FNO. The third-order valence-electron chi connectivity index (χ3n) is 3.32. The Kier molecular flexibility index (Phi) is 4.81. The van der Waals surface area contributed by atoms with Crippen molar-refractivity contribution in [1.29, 1.82) is 0 Å². The topological polar surface area (TPSA) is 21.3 Å². The smallest absolute Gasteiger partial charge is 0.124 e. The minimum absolute atomic E-state index is 0.00563. The molecule has 2 rings (SSSR count). The molecule has 0 amide bonds. The normalized spacial score (nSPS) is 19.1. The van der Waals surface area contributed by atoms with Crippen molar-refractivity contribution in [3.8, 4) is 5.75 Å². The molecule has 1 aromatic rings. The van der Waals surface area contributed by atoms with Crippen LogP contribution in [-0.2, 0) is 6.54 Å². The summed E-state index contributed by atoms with van der Waals surface area (Å²) in [5, 5.41) is 3.38. The van der Waals surface area contributed by atoms with Gasteiger partial charge < -0.3 is 10.1 Å². The molecule has 0 spiro atoms. The zero-order valence-electron chi connectivity index (χ0n) is 12.6. The van der Waals surface area contributed by atoms with Crippen molar-refractivity contribution < 1.29 is 9.13 Å². The Morgan fingerprint density at radius 3 is 2.80 bits per heavy atom. The van der Waals surface area contributed by atoms with E-state index in [1.165, 1.54) is 6.07 Å². The molecule has 0 aliphatic heterocycles. The number of rotatable bonds is 4. The average molecular weight is 277 g/mol. The largest absolute Gasteiger partial charge is 0.486 e.